The van der Waals surface area contributed by atoms with Gasteiger partial charge >= 0.3 is 5.69 Å². The van der Waals surface area contributed by atoms with Crippen molar-refractivity contribution in [1.29, 1.82) is 5.26 Å². The van der Waals surface area contributed by atoms with Crippen LogP contribution in [0.3, 0.4) is 0 Å². The van der Waals surface area contributed by atoms with Gasteiger partial charge in [0.05, 0.1) is 18.8 Å². The molecule has 0 unspecified atom stereocenters. The average molecular weight is 371 g/mol. The van der Waals surface area contributed by atoms with Crippen molar-refractivity contribution in [1.82, 2.24) is 9.13 Å². The van der Waals surface area contributed by atoms with Crippen molar-refractivity contribution in [2.45, 2.75) is 24.9 Å². The maximum atomic E-state index is 12.8. The van der Waals surface area contributed by atoms with Crippen molar-refractivity contribution in [2.24, 2.45) is 5.92 Å². The Hall–Kier alpha value is -3.06. The zero-order valence-electron chi connectivity index (χ0n) is 14.1. The van der Waals surface area contributed by atoms with E-state index in [0.29, 0.717) is 4.57 Å². The van der Waals surface area contributed by atoms with E-state index in [1.807, 2.05) is 6.07 Å². The highest BCUT2D eigenvalue weighted by Crippen LogP contribution is 2.35. The van der Waals surface area contributed by atoms with E-state index in [-0.39, 0.29) is 12.0 Å². The second-order valence-electron chi connectivity index (χ2n) is 6.11. The normalized spacial score (nSPS) is 24.5. The fraction of sp³-hybridized carbons (Fsp3) is 0.333. The van der Waals surface area contributed by atoms with Gasteiger partial charge < -0.3 is 14.9 Å². The number of hydrogen-bond acceptors (Lipinski definition) is 7. The molecule has 9 nitrogen and oxygen atoms in total. The first-order valence-electron chi connectivity index (χ1n) is 8.25. The zero-order chi connectivity index (χ0) is 19.6. The molecule has 2 N–H and O–H groups in total. The number of benzene rings is 1. The molecule has 0 amide bonds. The summed E-state index contributed by atoms with van der Waals surface area (Å²) in [7, 11) is 0. The Morgan fingerprint density at radius 3 is 2.56 bits per heavy atom. The van der Waals surface area contributed by atoms with Crippen LogP contribution in [-0.4, -0.2) is 44.1 Å². The van der Waals surface area contributed by atoms with Gasteiger partial charge in [-0.1, -0.05) is 18.2 Å². The summed E-state index contributed by atoms with van der Waals surface area (Å²) >= 11 is 0. The van der Waals surface area contributed by atoms with Crippen LogP contribution in [0.25, 0.3) is 0 Å². The Morgan fingerprint density at radius 2 is 1.93 bits per heavy atom. The minimum absolute atomic E-state index is 0.138. The summed E-state index contributed by atoms with van der Waals surface area (Å²) in [5.41, 5.74) is -1.60. The Balaban J connectivity index is 2.08. The molecule has 1 aromatic carbocycles. The molecule has 4 atom stereocenters. The van der Waals surface area contributed by atoms with E-state index in [2.05, 4.69) is 0 Å². The minimum Gasteiger partial charge on any atom is -0.394 e. The topological polar surface area (TPSA) is 135 Å². The first-order valence-corrected chi connectivity index (χ1v) is 8.25. The second kappa shape index (κ2) is 7.67. The third kappa shape index (κ3) is 3.33. The lowest BCUT2D eigenvalue weighted by Gasteiger charge is -2.20. The van der Waals surface area contributed by atoms with Gasteiger partial charge in [-0.15, -0.1) is 0 Å². The summed E-state index contributed by atoms with van der Waals surface area (Å²) in [6.07, 6.45) is -2.23. The van der Waals surface area contributed by atoms with Crippen molar-refractivity contribution < 1.29 is 19.7 Å². The number of aliphatic hydroxyl groups is 2. The van der Waals surface area contributed by atoms with E-state index in [1.165, 1.54) is 12.1 Å². The van der Waals surface area contributed by atoms with Gasteiger partial charge in [0.15, 0.2) is 0 Å². The van der Waals surface area contributed by atoms with Crippen LogP contribution in [-0.2, 0) is 4.74 Å². The summed E-state index contributed by atoms with van der Waals surface area (Å²) in [5, 5.41) is 28.6. The molecule has 0 aliphatic carbocycles. The van der Waals surface area contributed by atoms with Gasteiger partial charge in [-0.2, -0.15) is 9.83 Å². The predicted molar refractivity (Wildman–Crippen MR) is 91.9 cm³/mol. The number of rotatable bonds is 4. The average Bonchev–Trinajstić information content (AvgIpc) is 2.98. The van der Waals surface area contributed by atoms with Crippen molar-refractivity contribution in [3.05, 3.63) is 69.0 Å². The van der Waals surface area contributed by atoms with Gasteiger partial charge in [0, 0.05) is 30.2 Å². The van der Waals surface area contributed by atoms with Crippen LogP contribution < -0.4 is 11.2 Å². The van der Waals surface area contributed by atoms with Crippen LogP contribution in [0.2, 0.25) is 0 Å². The summed E-state index contributed by atoms with van der Waals surface area (Å²) in [6.45, 7) is -0.503. The molecule has 1 aliphatic rings. The Kier molecular flexibility index (Phi) is 5.32. The quantitative estimate of drug-likeness (QED) is 0.738. The number of carbonyl (C=O) groups is 1. The number of hydrogen-bond donors (Lipinski definition) is 2. The Morgan fingerprint density at radius 1 is 1.22 bits per heavy atom. The fourth-order valence-corrected chi connectivity index (χ4v) is 3.14. The van der Waals surface area contributed by atoms with Crippen LogP contribution in [0, 0.1) is 17.2 Å². The van der Waals surface area contributed by atoms with Crippen molar-refractivity contribution in [3.63, 3.8) is 0 Å². The molecule has 27 heavy (non-hydrogen) atoms. The SMILES string of the molecule is N#CC[C@@H]1[C@H](O)[C@@H](CO)O[C@H]1n1ccc(=O)n(C(=O)c2ccccc2)c1=O. The largest absolute Gasteiger partial charge is 0.394 e. The van der Waals surface area contributed by atoms with E-state index in [4.69, 9.17) is 10.00 Å². The molecule has 0 saturated carbocycles. The smallest absolute Gasteiger partial charge is 0.340 e. The van der Waals surface area contributed by atoms with Gasteiger partial charge in [0.2, 0.25) is 0 Å². The molecule has 0 spiro atoms. The van der Waals surface area contributed by atoms with Gasteiger partial charge in [-0.05, 0) is 12.1 Å². The second-order valence-corrected chi connectivity index (χ2v) is 6.11. The van der Waals surface area contributed by atoms with E-state index < -0.39 is 48.1 Å². The summed E-state index contributed by atoms with van der Waals surface area (Å²) in [4.78, 5) is 37.6. The fourth-order valence-electron chi connectivity index (χ4n) is 3.14. The van der Waals surface area contributed by atoms with Gasteiger partial charge in [0.1, 0.15) is 12.3 Å². The maximum Gasteiger partial charge on any atom is 0.340 e. The zero-order valence-corrected chi connectivity index (χ0v) is 14.1. The van der Waals surface area contributed by atoms with E-state index >= 15 is 0 Å². The Labute approximate surface area is 153 Å². The van der Waals surface area contributed by atoms with Crippen LogP contribution in [0.15, 0.2) is 52.2 Å². The summed E-state index contributed by atoms with van der Waals surface area (Å²) < 4.78 is 6.98. The molecule has 1 saturated heterocycles. The molecule has 140 valence electrons. The summed E-state index contributed by atoms with van der Waals surface area (Å²) in [5.74, 6) is -1.60. The molecule has 9 heteroatoms. The van der Waals surface area contributed by atoms with Crippen molar-refractivity contribution >= 4 is 5.91 Å². The maximum absolute atomic E-state index is 12.8. The first-order chi connectivity index (χ1) is 13.0. The molecule has 2 heterocycles. The van der Waals surface area contributed by atoms with E-state index in [0.717, 1.165) is 16.8 Å². The molecule has 0 radical (unpaired) electrons. The monoisotopic (exact) mass is 371 g/mol. The van der Waals surface area contributed by atoms with Crippen LogP contribution in [0.1, 0.15) is 23.0 Å². The molecular weight excluding hydrogens is 354 g/mol. The molecule has 1 aliphatic heterocycles. The molecule has 0 bridgehead atoms. The number of carbonyl (C=O) groups excluding carboxylic acids is 1. The molecule has 3 rings (SSSR count). The van der Waals surface area contributed by atoms with Crippen LogP contribution >= 0.6 is 0 Å². The number of ether oxygens (including phenoxy) is 1. The highest BCUT2D eigenvalue weighted by atomic mass is 16.5. The lowest BCUT2D eigenvalue weighted by molar-refractivity contribution is -0.0483. The van der Waals surface area contributed by atoms with Crippen molar-refractivity contribution in [2.75, 3.05) is 6.61 Å². The summed E-state index contributed by atoms with van der Waals surface area (Å²) in [6, 6.07) is 10.8. The number of nitriles is 1. The number of aliphatic hydroxyl groups excluding tert-OH is 2. The molecule has 1 aromatic heterocycles. The highest BCUT2D eigenvalue weighted by Gasteiger charge is 2.44. The van der Waals surface area contributed by atoms with Crippen LogP contribution in [0.5, 0.6) is 0 Å². The third-order valence-electron chi connectivity index (χ3n) is 4.52. The van der Waals surface area contributed by atoms with Crippen molar-refractivity contribution in [3.8, 4) is 6.07 Å². The van der Waals surface area contributed by atoms with E-state index in [9.17, 15) is 24.6 Å². The van der Waals surface area contributed by atoms with Crippen LogP contribution in [0.4, 0.5) is 0 Å². The third-order valence-corrected chi connectivity index (χ3v) is 4.52. The lowest BCUT2D eigenvalue weighted by Crippen LogP contribution is -2.45. The first kappa shape index (κ1) is 18.7. The van der Waals surface area contributed by atoms with Gasteiger partial charge in [-0.25, -0.2) is 4.79 Å². The molecular formula is C18H17N3O6. The van der Waals surface area contributed by atoms with Gasteiger partial charge in [0.25, 0.3) is 11.5 Å². The lowest BCUT2D eigenvalue weighted by atomic mass is 9.97. The molecule has 1 fully saturated rings. The standard InChI is InChI=1S/C18H17N3O6/c19-8-6-12-15(24)13(10-22)27-17(12)20-9-7-14(23)21(18(20)26)16(25)11-4-2-1-3-5-11/h1-5,7,9,12-13,15,17,22,24H,6,10H2/t12-,13-,15+,17-/m1/s1. The number of aromatic nitrogens is 2. The molecule has 2 aromatic rings. The Bertz CT molecular complexity index is 991. The predicted octanol–water partition coefficient (Wildman–Crippen LogP) is -0.521. The van der Waals surface area contributed by atoms with Gasteiger partial charge in [-0.3, -0.25) is 14.2 Å². The van der Waals surface area contributed by atoms with E-state index in [1.54, 1.807) is 18.2 Å². The highest BCUT2D eigenvalue weighted by molar-refractivity contribution is 5.95. The number of nitrogens with zero attached hydrogens (tertiary/aromatic N) is 3. The minimum atomic E-state index is -1.17.